The number of aromatic nitrogens is 2. The number of amides is 1. The number of carbonyl (C=O) groups is 1. The Labute approximate surface area is 175 Å². The Bertz CT molecular complexity index is 897. The van der Waals surface area contributed by atoms with E-state index in [9.17, 15) is 4.79 Å². The summed E-state index contributed by atoms with van der Waals surface area (Å²) in [4.78, 5) is 27.4. The summed E-state index contributed by atoms with van der Waals surface area (Å²) in [5.74, 6) is 3.84. The largest absolute Gasteiger partial charge is 0.342 e. The van der Waals surface area contributed by atoms with Crippen LogP contribution in [-0.4, -0.2) is 39.6 Å². The molecule has 0 aromatic carbocycles. The molecular weight excluding hydrogens is 386 g/mol. The highest BCUT2D eigenvalue weighted by atomic mass is 32.2. The number of hydrogen-bond acceptors (Lipinski definition) is 5. The molecule has 1 saturated heterocycles. The molecule has 150 valence electrons. The quantitative estimate of drug-likeness (QED) is 0.518. The zero-order chi connectivity index (χ0) is 19.3. The first-order valence-corrected chi connectivity index (χ1v) is 12.6. The molecule has 28 heavy (non-hydrogen) atoms. The minimum absolute atomic E-state index is 0.273. The van der Waals surface area contributed by atoms with Crippen LogP contribution in [0.2, 0.25) is 0 Å². The van der Waals surface area contributed by atoms with Crippen molar-refractivity contribution in [1.29, 1.82) is 0 Å². The second-order valence-electron chi connectivity index (χ2n) is 9.05. The van der Waals surface area contributed by atoms with E-state index in [1.165, 1.54) is 41.5 Å². The maximum absolute atomic E-state index is 12.8. The van der Waals surface area contributed by atoms with Crippen LogP contribution in [-0.2, 0) is 17.6 Å². The summed E-state index contributed by atoms with van der Waals surface area (Å²) in [6, 6.07) is 0. The number of aryl methyl sites for hydroxylation is 1. The van der Waals surface area contributed by atoms with Gasteiger partial charge < -0.3 is 4.90 Å². The normalized spacial score (nSPS) is 23.2. The van der Waals surface area contributed by atoms with Crippen LogP contribution in [0.25, 0.3) is 10.2 Å². The zero-order valence-electron chi connectivity index (χ0n) is 16.9. The van der Waals surface area contributed by atoms with Crippen molar-refractivity contribution in [2.24, 2.45) is 11.8 Å². The van der Waals surface area contributed by atoms with E-state index in [2.05, 4.69) is 18.7 Å². The standard InChI is InChI=1S/C22H29N3OS2/c1-13-7-9-25(10-8-13)18(26)12-27-21-19-16-6-3-14(2)11-17(16)28-22(19)24-20(23-21)15-4-5-15/h13-15H,3-12H2,1-2H3. The van der Waals surface area contributed by atoms with Crippen molar-refractivity contribution < 1.29 is 4.79 Å². The smallest absolute Gasteiger partial charge is 0.232 e. The van der Waals surface area contributed by atoms with Crippen LogP contribution in [0.3, 0.4) is 0 Å². The fraction of sp³-hybridized carbons (Fsp3) is 0.682. The van der Waals surface area contributed by atoms with Gasteiger partial charge in [0.2, 0.25) is 5.91 Å². The van der Waals surface area contributed by atoms with Crippen molar-refractivity contribution in [1.82, 2.24) is 14.9 Å². The van der Waals surface area contributed by atoms with E-state index in [1.807, 2.05) is 11.3 Å². The maximum atomic E-state index is 12.8. The van der Waals surface area contributed by atoms with Crippen LogP contribution in [0, 0.1) is 11.8 Å². The first-order valence-electron chi connectivity index (χ1n) is 10.8. The van der Waals surface area contributed by atoms with Crippen molar-refractivity contribution in [3.63, 3.8) is 0 Å². The lowest BCUT2D eigenvalue weighted by Gasteiger charge is -2.30. The number of thiophene rings is 1. The Kier molecular flexibility index (Phi) is 5.12. The molecule has 3 aliphatic rings. The van der Waals surface area contributed by atoms with E-state index in [4.69, 9.17) is 9.97 Å². The molecule has 0 bridgehead atoms. The van der Waals surface area contributed by atoms with Gasteiger partial charge in [-0.3, -0.25) is 4.79 Å². The molecule has 0 radical (unpaired) electrons. The molecule has 2 aromatic heterocycles. The highest BCUT2D eigenvalue weighted by Crippen LogP contribution is 2.44. The minimum Gasteiger partial charge on any atom is -0.342 e. The van der Waals surface area contributed by atoms with E-state index in [0.717, 1.165) is 59.9 Å². The molecule has 1 unspecified atom stereocenters. The average Bonchev–Trinajstić information content (AvgIpc) is 3.47. The monoisotopic (exact) mass is 415 g/mol. The van der Waals surface area contributed by atoms with Gasteiger partial charge in [-0.25, -0.2) is 9.97 Å². The van der Waals surface area contributed by atoms with Crippen molar-refractivity contribution in [2.75, 3.05) is 18.8 Å². The summed E-state index contributed by atoms with van der Waals surface area (Å²) < 4.78 is 0. The third-order valence-corrected chi connectivity index (χ3v) is 8.66. The molecule has 2 aliphatic carbocycles. The highest BCUT2D eigenvalue weighted by molar-refractivity contribution is 8.00. The molecule has 1 saturated carbocycles. The third-order valence-electron chi connectivity index (χ3n) is 6.55. The van der Waals surface area contributed by atoms with Crippen molar-refractivity contribution in [3.05, 3.63) is 16.3 Å². The van der Waals surface area contributed by atoms with Crippen LogP contribution in [0.4, 0.5) is 0 Å². The summed E-state index contributed by atoms with van der Waals surface area (Å²) in [7, 11) is 0. The van der Waals surface area contributed by atoms with E-state index >= 15 is 0 Å². The van der Waals surface area contributed by atoms with Crippen molar-refractivity contribution >= 4 is 39.2 Å². The van der Waals surface area contributed by atoms with Crippen LogP contribution in [0.5, 0.6) is 0 Å². The van der Waals surface area contributed by atoms with Gasteiger partial charge in [0.1, 0.15) is 15.7 Å². The van der Waals surface area contributed by atoms with Gasteiger partial charge in [-0.1, -0.05) is 25.6 Å². The zero-order valence-corrected chi connectivity index (χ0v) is 18.5. The molecule has 0 N–H and O–H groups in total. The predicted octanol–water partition coefficient (Wildman–Crippen LogP) is 5.04. The van der Waals surface area contributed by atoms with E-state index in [-0.39, 0.29) is 5.91 Å². The second kappa shape index (κ2) is 7.60. The molecule has 6 heteroatoms. The Morgan fingerprint density at radius 2 is 1.89 bits per heavy atom. The first-order chi connectivity index (χ1) is 13.6. The lowest BCUT2D eigenvalue weighted by molar-refractivity contribution is -0.129. The Morgan fingerprint density at radius 3 is 2.64 bits per heavy atom. The van der Waals surface area contributed by atoms with Gasteiger partial charge in [0.25, 0.3) is 0 Å². The predicted molar refractivity (Wildman–Crippen MR) is 116 cm³/mol. The van der Waals surface area contributed by atoms with Gasteiger partial charge in [0, 0.05) is 29.3 Å². The molecule has 5 rings (SSSR count). The molecule has 1 atom stereocenters. The Morgan fingerprint density at radius 1 is 1.11 bits per heavy atom. The number of fused-ring (bicyclic) bond motifs is 3. The molecular formula is C22H29N3OS2. The molecule has 0 spiro atoms. The Balaban J connectivity index is 1.41. The van der Waals surface area contributed by atoms with Gasteiger partial charge in [-0.05, 0) is 62.3 Å². The summed E-state index contributed by atoms with van der Waals surface area (Å²) in [5.41, 5.74) is 1.47. The summed E-state index contributed by atoms with van der Waals surface area (Å²) >= 11 is 3.53. The molecule has 3 heterocycles. The maximum Gasteiger partial charge on any atom is 0.232 e. The lowest BCUT2D eigenvalue weighted by atomic mass is 9.89. The fourth-order valence-corrected chi connectivity index (χ4v) is 6.85. The molecule has 4 nitrogen and oxygen atoms in total. The van der Waals surface area contributed by atoms with Gasteiger partial charge in [0.05, 0.1) is 5.75 Å². The number of likely N-dealkylation sites (tertiary alicyclic amines) is 1. The molecule has 1 amide bonds. The van der Waals surface area contributed by atoms with E-state index in [0.29, 0.717) is 11.7 Å². The number of piperidine rings is 1. The van der Waals surface area contributed by atoms with E-state index < -0.39 is 0 Å². The number of thioether (sulfide) groups is 1. The number of carbonyl (C=O) groups excluding carboxylic acids is 1. The third kappa shape index (κ3) is 3.70. The van der Waals surface area contributed by atoms with Gasteiger partial charge >= 0.3 is 0 Å². The van der Waals surface area contributed by atoms with Gasteiger partial charge in [0.15, 0.2) is 0 Å². The van der Waals surface area contributed by atoms with Crippen LogP contribution < -0.4 is 0 Å². The number of hydrogen-bond donors (Lipinski definition) is 0. The van der Waals surface area contributed by atoms with Gasteiger partial charge in [-0.2, -0.15) is 0 Å². The topological polar surface area (TPSA) is 46.1 Å². The summed E-state index contributed by atoms with van der Waals surface area (Å²) in [5, 5.41) is 2.33. The van der Waals surface area contributed by atoms with Crippen molar-refractivity contribution in [3.8, 4) is 0 Å². The summed E-state index contributed by atoms with van der Waals surface area (Å²) in [6.45, 7) is 6.47. The van der Waals surface area contributed by atoms with Crippen LogP contribution in [0.1, 0.15) is 68.1 Å². The average molecular weight is 416 g/mol. The minimum atomic E-state index is 0.273. The number of rotatable bonds is 4. The highest BCUT2D eigenvalue weighted by Gasteiger charge is 2.30. The fourth-order valence-electron chi connectivity index (χ4n) is 4.43. The molecule has 2 fully saturated rings. The SMILES string of the molecule is CC1CCN(C(=O)CSc2nc(C3CC3)nc3sc4c(c23)CCC(C)C4)CC1. The molecule has 1 aliphatic heterocycles. The lowest BCUT2D eigenvalue weighted by Crippen LogP contribution is -2.38. The van der Waals surface area contributed by atoms with Crippen LogP contribution in [0.15, 0.2) is 5.03 Å². The molecule has 2 aromatic rings. The Hall–Kier alpha value is -1.14. The van der Waals surface area contributed by atoms with Crippen molar-refractivity contribution in [2.45, 2.75) is 69.7 Å². The first kappa shape index (κ1) is 18.9. The number of nitrogens with zero attached hydrogens (tertiary/aromatic N) is 3. The second-order valence-corrected chi connectivity index (χ2v) is 11.1. The summed E-state index contributed by atoms with van der Waals surface area (Å²) in [6.07, 6.45) is 8.24. The van der Waals surface area contributed by atoms with E-state index in [1.54, 1.807) is 11.8 Å². The van der Waals surface area contributed by atoms with Gasteiger partial charge in [-0.15, -0.1) is 11.3 Å². The van der Waals surface area contributed by atoms with Crippen LogP contribution >= 0.6 is 23.1 Å².